The second-order valence-electron chi connectivity index (χ2n) is 10.6. The molecule has 9 heteroatoms. The van der Waals surface area contributed by atoms with E-state index in [1.807, 2.05) is 44.2 Å². The van der Waals surface area contributed by atoms with Crippen LogP contribution in [0.4, 0.5) is 11.4 Å². The zero-order chi connectivity index (χ0) is 26.3. The van der Waals surface area contributed by atoms with Crippen molar-refractivity contribution in [1.29, 1.82) is 0 Å². The lowest BCUT2D eigenvalue weighted by atomic mass is 9.70. The number of hydrogen-bond acceptors (Lipinski definition) is 5. The predicted octanol–water partition coefficient (Wildman–Crippen LogP) is 4.42. The van der Waals surface area contributed by atoms with Gasteiger partial charge in [-0.25, -0.2) is 0 Å². The zero-order valence-corrected chi connectivity index (χ0v) is 22.5. The standard InChI is InChI=1S/C28H32ClN3O4S/c1-16(2)14-18(15-33)32-24(26(35)31-20-11-7-6-10-19(20)29)28-13-12-21(37-28)22(23(28)27(32)36)25(34)30-17-8-4-3-5-9-17/h3-11,16,18,21-24,33H,12-15H2,1-2H3,(H,30,34)(H,31,35)/t18-,21+,22-,23+,24?,28?/m1/s1. The van der Waals surface area contributed by atoms with Gasteiger partial charge in [-0.05, 0) is 49.4 Å². The van der Waals surface area contributed by atoms with Crippen molar-refractivity contribution in [2.45, 2.75) is 55.2 Å². The fourth-order valence-corrected chi connectivity index (χ4v) is 8.80. The molecule has 37 heavy (non-hydrogen) atoms. The highest BCUT2D eigenvalue weighted by Gasteiger charge is 2.74. The lowest BCUT2D eigenvalue weighted by Gasteiger charge is -2.37. The van der Waals surface area contributed by atoms with Crippen molar-refractivity contribution in [3.8, 4) is 0 Å². The van der Waals surface area contributed by atoms with Crippen LogP contribution < -0.4 is 10.6 Å². The number of nitrogens with zero attached hydrogens (tertiary/aromatic N) is 1. The number of likely N-dealkylation sites (tertiary alicyclic amines) is 1. The Hall–Kier alpha value is -2.55. The van der Waals surface area contributed by atoms with E-state index < -0.39 is 28.7 Å². The lowest BCUT2D eigenvalue weighted by Crippen LogP contribution is -2.55. The molecule has 3 aliphatic rings. The molecule has 3 heterocycles. The summed E-state index contributed by atoms with van der Waals surface area (Å²) in [5.41, 5.74) is 1.15. The number of carbonyl (C=O) groups is 3. The number of aliphatic hydroxyl groups is 1. The molecule has 7 nitrogen and oxygen atoms in total. The van der Waals surface area contributed by atoms with E-state index in [1.54, 1.807) is 40.9 Å². The normalized spacial score (nSPS) is 28.9. The van der Waals surface area contributed by atoms with Gasteiger partial charge in [-0.3, -0.25) is 14.4 Å². The molecule has 6 atom stereocenters. The first kappa shape index (κ1) is 26.1. The van der Waals surface area contributed by atoms with E-state index in [2.05, 4.69) is 10.6 Å². The highest BCUT2D eigenvalue weighted by Crippen LogP contribution is 2.66. The molecular weight excluding hydrogens is 510 g/mol. The molecule has 3 saturated heterocycles. The molecule has 196 valence electrons. The van der Waals surface area contributed by atoms with Crippen LogP contribution in [0.25, 0.3) is 0 Å². The molecule has 2 aromatic carbocycles. The molecule has 2 aromatic rings. The van der Waals surface area contributed by atoms with Crippen LogP contribution >= 0.6 is 23.4 Å². The Morgan fingerprint density at radius 3 is 2.49 bits per heavy atom. The van der Waals surface area contributed by atoms with Crippen LogP contribution in [0.3, 0.4) is 0 Å². The van der Waals surface area contributed by atoms with Crippen molar-refractivity contribution in [2.75, 3.05) is 17.2 Å². The molecule has 3 fully saturated rings. The van der Waals surface area contributed by atoms with Crippen LogP contribution in [0.1, 0.15) is 33.1 Å². The SMILES string of the molecule is CC(C)C[C@H](CO)N1C(=O)[C@@H]2[C@H](C(=O)Nc3ccccc3)[C@@H]3CCC2(S3)C1C(=O)Nc1ccccc1Cl. The van der Waals surface area contributed by atoms with Gasteiger partial charge in [-0.2, -0.15) is 0 Å². The van der Waals surface area contributed by atoms with Crippen LogP contribution in [0.15, 0.2) is 54.6 Å². The minimum atomic E-state index is -0.818. The van der Waals surface area contributed by atoms with Crippen molar-refractivity contribution in [2.24, 2.45) is 17.8 Å². The Kier molecular flexibility index (Phi) is 7.27. The molecule has 3 N–H and O–H groups in total. The first-order chi connectivity index (χ1) is 17.8. The van der Waals surface area contributed by atoms with Gasteiger partial charge in [0.25, 0.3) is 0 Å². The van der Waals surface area contributed by atoms with Gasteiger partial charge >= 0.3 is 0 Å². The summed E-state index contributed by atoms with van der Waals surface area (Å²) in [5, 5.41) is 16.7. The van der Waals surface area contributed by atoms with Gasteiger partial charge in [0.15, 0.2) is 0 Å². The number of para-hydroxylation sites is 2. The second-order valence-corrected chi connectivity index (χ2v) is 12.6. The van der Waals surface area contributed by atoms with Gasteiger partial charge in [-0.15, -0.1) is 11.8 Å². The monoisotopic (exact) mass is 541 g/mol. The summed E-state index contributed by atoms with van der Waals surface area (Å²) in [4.78, 5) is 43.3. The summed E-state index contributed by atoms with van der Waals surface area (Å²) in [6.07, 6.45) is 1.96. The molecule has 0 radical (unpaired) electrons. The van der Waals surface area contributed by atoms with Crippen molar-refractivity contribution in [3.63, 3.8) is 0 Å². The number of thioether (sulfide) groups is 1. The van der Waals surface area contributed by atoms with E-state index in [9.17, 15) is 19.5 Å². The smallest absolute Gasteiger partial charge is 0.248 e. The van der Waals surface area contributed by atoms with E-state index in [4.69, 9.17) is 11.6 Å². The van der Waals surface area contributed by atoms with Gasteiger partial charge in [0.05, 0.1) is 39.9 Å². The van der Waals surface area contributed by atoms with E-state index in [1.165, 1.54) is 0 Å². The van der Waals surface area contributed by atoms with Crippen LogP contribution in [-0.2, 0) is 14.4 Å². The maximum absolute atomic E-state index is 14.2. The highest BCUT2D eigenvalue weighted by molar-refractivity contribution is 8.02. The van der Waals surface area contributed by atoms with Crippen molar-refractivity contribution in [1.82, 2.24) is 4.90 Å². The molecule has 3 aliphatic heterocycles. The fraction of sp³-hybridized carbons (Fsp3) is 0.464. The quantitative estimate of drug-likeness (QED) is 0.459. The van der Waals surface area contributed by atoms with E-state index in [0.29, 0.717) is 29.2 Å². The summed E-state index contributed by atoms with van der Waals surface area (Å²) < 4.78 is -0.740. The van der Waals surface area contributed by atoms with Crippen molar-refractivity contribution < 1.29 is 19.5 Å². The van der Waals surface area contributed by atoms with E-state index in [0.717, 1.165) is 6.42 Å². The maximum atomic E-state index is 14.2. The van der Waals surface area contributed by atoms with Crippen molar-refractivity contribution >= 4 is 52.5 Å². The summed E-state index contributed by atoms with van der Waals surface area (Å²) in [5.74, 6) is -1.73. The predicted molar refractivity (Wildman–Crippen MR) is 146 cm³/mol. The summed E-state index contributed by atoms with van der Waals surface area (Å²) in [7, 11) is 0. The lowest BCUT2D eigenvalue weighted by molar-refractivity contribution is -0.141. The minimum Gasteiger partial charge on any atom is -0.394 e. The Morgan fingerprint density at radius 2 is 1.81 bits per heavy atom. The average Bonchev–Trinajstić information content (AvgIpc) is 3.52. The number of anilines is 2. The largest absolute Gasteiger partial charge is 0.394 e. The first-order valence-electron chi connectivity index (χ1n) is 12.8. The Balaban J connectivity index is 1.52. The third-order valence-electron chi connectivity index (χ3n) is 7.81. The van der Waals surface area contributed by atoms with Crippen molar-refractivity contribution in [3.05, 3.63) is 59.6 Å². The van der Waals surface area contributed by atoms with Gasteiger partial charge in [0, 0.05) is 10.9 Å². The molecular formula is C28H32ClN3O4S. The summed E-state index contributed by atoms with van der Waals surface area (Å²) >= 11 is 7.94. The van der Waals surface area contributed by atoms with Gasteiger partial charge in [0.2, 0.25) is 17.7 Å². The van der Waals surface area contributed by atoms with Gasteiger partial charge < -0.3 is 20.6 Å². The molecule has 0 saturated carbocycles. The van der Waals surface area contributed by atoms with Crippen LogP contribution in [0, 0.1) is 17.8 Å². The van der Waals surface area contributed by atoms with E-state index >= 15 is 0 Å². The Bertz CT molecular complexity index is 1190. The fourth-order valence-electron chi connectivity index (χ4n) is 6.42. The minimum absolute atomic E-state index is 0.0481. The first-order valence-corrected chi connectivity index (χ1v) is 14.0. The van der Waals surface area contributed by atoms with Crippen LogP contribution in [-0.4, -0.2) is 56.4 Å². The van der Waals surface area contributed by atoms with Crippen LogP contribution in [0.5, 0.6) is 0 Å². The Labute approximate surface area is 226 Å². The number of carbonyl (C=O) groups excluding carboxylic acids is 3. The average molecular weight is 542 g/mol. The number of benzene rings is 2. The summed E-state index contributed by atoms with van der Waals surface area (Å²) in [6, 6.07) is 14.9. The molecule has 0 aliphatic carbocycles. The Morgan fingerprint density at radius 1 is 1.11 bits per heavy atom. The van der Waals surface area contributed by atoms with Crippen LogP contribution in [0.2, 0.25) is 5.02 Å². The number of rotatable bonds is 8. The third kappa shape index (κ3) is 4.53. The number of halogens is 1. The maximum Gasteiger partial charge on any atom is 0.248 e. The zero-order valence-electron chi connectivity index (χ0n) is 20.9. The molecule has 2 bridgehead atoms. The number of hydrogen-bond donors (Lipinski definition) is 3. The molecule has 2 unspecified atom stereocenters. The number of fused-ring (bicyclic) bond motifs is 1. The summed E-state index contributed by atoms with van der Waals surface area (Å²) in [6.45, 7) is 3.80. The number of nitrogens with one attached hydrogen (secondary N) is 2. The number of amides is 3. The molecule has 1 spiro atoms. The third-order valence-corrected chi connectivity index (χ3v) is 10.1. The second kappa shape index (κ2) is 10.3. The van der Waals surface area contributed by atoms with Gasteiger partial charge in [0.1, 0.15) is 6.04 Å². The number of aliphatic hydroxyl groups excluding tert-OH is 1. The van der Waals surface area contributed by atoms with E-state index in [-0.39, 0.29) is 35.5 Å². The molecule has 0 aromatic heterocycles. The topological polar surface area (TPSA) is 98.7 Å². The molecule has 3 amide bonds. The highest BCUT2D eigenvalue weighted by atomic mass is 35.5. The van der Waals surface area contributed by atoms with Gasteiger partial charge in [-0.1, -0.05) is 55.8 Å². The molecule has 5 rings (SSSR count).